The van der Waals surface area contributed by atoms with Crippen LogP contribution in [-0.4, -0.2) is 47.8 Å². The molecular formula is C35H22F3N5O4S3. The van der Waals surface area contributed by atoms with Crippen LogP contribution >= 0.6 is 34.4 Å². The summed E-state index contributed by atoms with van der Waals surface area (Å²) in [6.45, 7) is 0.106. The van der Waals surface area contributed by atoms with Crippen LogP contribution in [0.1, 0.15) is 24.8 Å². The zero-order valence-electron chi connectivity index (χ0n) is 25.6. The number of ether oxygens (including phenoxy) is 1. The number of aliphatic imine (C=N–C) groups is 1. The predicted octanol–water partition coefficient (Wildman–Crippen LogP) is 9.14. The smallest absolute Gasteiger partial charge is 0.419 e. The molecule has 0 bridgehead atoms. The molecule has 2 aromatic carbocycles. The van der Waals surface area contributed by atoms with Gasteiger partial charge < -0.3 is 4.74 Å². The summed E-state index contributed by atoms with van der Waals surface area (Å²) in [5, 5.41) is 0.941. The van der Waals surface area contributed by atoms with Gasteiger partial charge in [-0.2, -0.15) is 21.9 Å². The van der Waals surface area contributed by atoms with Crippen LogP contribution in [0.25, 0.3) is 52.1 Å². The van der Waals surface area contributed by atoms with E-state index in [0.29, 0.717) is 27.1 Å². The summed E-state index contributed by atoms with van der Waals surface area (Å²) < 4.78 is 59.5. The minimum atomic E-state index is -4.42. The molecule has 0 N–H and O–H groups in total. The average molecular weight is 730 g/mol. The van der Waals surface area contributed by atoms with Crippen molar-refractivity contribution in [2.75, 3.05) is 0 Å². The van der Waals surface area contributed by atoms with Gasteiger partial charge in [0.25, 0.3) is 0 Å². The van der Waals surface area contributed by atoms with Crippen molar-refractivity contribution >= 4 is 105 Å². The third-order valence-corrected chi connectivity index (χ3v) is 12.5. The van der Waals surface area contributed by atoms with Gasteiger partial charge in [0.2, 0.25) is 11.6 Å². The molecule has 0 aliphatic heterocycles. The van der Waals surface area contributed by atoms with E-state index in [2.05, 4.69) is 18.7 Å². The van der Waals surface area contributed by atoms with Crippen LogP contribution in [0.4, 0.5) is 23.7 Å². The molecule has 9 rings (SSSR count). The predicted molar refractivity (Wildman–Crippen MR) is 186 cm³/mol. The molecule has 9 nitrogen and oxygen atoms in total. The lowest BCUT2D eigenvalue weighted by Gasteiger charge is -2.31. The Morgan fingerprint density at radius 1 is 0.960 bits per heavy atom. The van der Waals surface area contributed by atoms with Crippen molar-refractivity contribution < 1.29 is 32.3 Å². The number of alkyl halides is 3. The number of rotatable bonds is 4. The highest BCUT2D eigenvalue weighted by atomic mass is 32.1. The fraction of sp³-hybridized carbons (Fsp3) is 0.229. The Balaban J connectivity index is 1.11. The fourth-order valence-electron chi connectivity index (χ4n) is 7.16. The summed E-state index contributed by atoms with van der Waals surface area (Å²) in [5.74, 6) is -5.00. The molecule has 5 aromatic heterocycles. The van der Waals surface area contributed by atoms with Gasteiger partial charge in [0.1, 0.15) is 29.0 Å². The highest BCUT2D eigenvalue weighted by Gasteiger charge is 2.54. The van der Waals surface area contributed by atoms with E-state index in [9.17, 15) is 27.6 Å². The average Bonchev–Trinajstić information content (AvgIpc) is 3.93. The molecule has 0 spiro atoms. The molecule has 5 heterocycles. The highest BCUT2D eigenvalue weighted by Crippen LogP contribution is 2.48. The minimum absolute atomic E-state index is 0.0403. The van der Waals surface area contributed by atoms with Gasteiger partial charge in [0, 0.05) is 21.9 Å². The van der Waals surface area contributed by atoms with Crippen LogP contribution in [0, 0.1) is 17.8 Å². The maximum absolute atomic E-state index is 13.8. The van der Waals surface area contributed by atoms with Crippen LogP contribution < -0.4 is 0 Å². The van der Waals surface area contributed by atoms with E-state index in [1.54, 1.807) is 15.9 Å². The molecule has 7 aromatic rings. The molecule has 2 aliphatic rings. The van der Waals surface area contributed by atoms with Gasteiger partial charge in [0.15, 0.2) is 0 Å². The Bertz CT molecular complexity index is 2570. The second-order valence-corrected chi connectivity index (χ2v) is 15.0. The number of hydrogen-bond donors (Lipinski definition) is 0. The van der Waals surface area contributed by atoms with Crippen molar-refractivity contribution in [3.05, 3.63) is 72.4 Å². The minimum Gasteiger partial charge on any atom is -0.444 e. The number of benzene rings is 2. The maximum atomic E-state index is 13.8. The van der Waals surface area contributed by atoms with E-state index in [0.717, 1.165) is 42.3 Å². The van der Waals surface area contributed by atoms with Gasteiger partial charge in [-0.3, -0.25) is 14.6 Å². The molecule has 3 atom stereocenters. The van der Waals surface area contributed by atoms with Crippen LogP contribution in [0.5, 0.6) is 0 Å². The monoisotopic (exact) mass is 729 g/mol. The molecule has 0 radical (unpaired) electrons. The van der Waals surface area contributed by atoms with E-state index in [1.807, 2.05) is 60.7 Å². The van der Waals surface area contributed by atoms with Crippen molar-refractivity contribution in [2.45, 2.75) is 32.0 Å². The molecule has 0 saturated heterocycles. The quantitative estimate of drug-likeness (QED) is 0.166. The van der Waals surface area contributed by atoms with Crippen molar-refractivity contribution in [1.82, 2.24) is 18.3 Å². The highest BCUT2D eigenvalue weighted by molar-refractivity contribution is 7.32. The zero-order chi connectivity index (χ0) is 34.3. The molecule has 2 saturated carbocycles. The van der Waals surface area contributed by atoms with Crippen LogP contribution in [0.3, 0.4) is 0 Å². The third-order valence-electron chi connectivity index (χ3n) is 9.54. The molecule has 50 heavy (non-hydrogen) atoms. The lowest BCUT2D eigenvalue weighted by Crippen LogP contribution is -2.34. The number of ketones is 2. The first-order chi connectivity index (χ1) is 24.2. The van der Waals surface area contributed by atoms with E-state index in [1.165, 1.54) is 17.5 Å². The number of pyridine rings is 1. The summed E-state index contributed by atoms with van der Waals surface area (Å²) in [5.41, 5.74) is 3.74. The fourth-order valence-corrected chi connectivity index (χ4v) is 10.2. The summed E-state index contributed by atoms with van der Waals surface area (Å²) in [6.07, 6.45) is -4.04. The SMILES string of the molecule is O=C1C(=O)C2CC(C(F)(F)F)CCC2C1=Nc1cnc(-c2cc3c(s2)c2sc4ccccc4c2n3C(=O)OCc2ccccc2)c2nsnc12. The van der Waals surface area contributed by atoms with Crippen LogP contribution in [0.2, 0.25) is 0 Å². The number of thiophene rings is 2. The van der Waals surface area contributed by atoms with Crippen molar-refractivity contribution in [3.8, 4) is 10.6 Å². The standard InChI is InChI=1S/C35H22F3N5O4S3/c36-35(37,38)17-10-11-18-20(12-17)30(44)31(45)25(18)40-21-14-39-27(28-26(21)41-50-42-28)24-13-22-32(49-24)33-29(19-8-4-5-9-23(19)48-33)43(22)34(46)47-15-16-6-2-1-3-7-16/h1-9,13-14,17-18,20H,10-12,15H2. The van der Waals surface area contributed by atoms with Crippen LogP contribution in [0.15, 0.2) is 71.9 Å². The first-order valence-electron chi connectivity index (χ1n) is 15.7. The second kappa shape index (κ2) is 11.6. The zero-order valence-corrected chi connectivity index (χ0v) is 28.1. The molecule has 250 valence electrons. The first kappa shape index (κ1) is 31.1. The number of halogens is 3. The molecule has 2 fully saturated rings. The van der Waals surface area contributed by atoms with E-state index in [-0.39, 0.29) is 30.8 Å². The summed E-state index contributed by atoms with van der Waals surface area (Å²) >= 11 is 3.97. The Morgan fingerprint density at radius 3 is 2.56 bits per heavy atom. The summed E-state index contributed by atoms with van der Waals surface area (Å²) in [4.78, 5) is 49.5. The summed E-state index contributed by atoms with van der Waals surface area (Å²) in [7, 11) is 0. The van der Waals surface area contributed by atoms with E-state index >= 15 is 0 Å². The third kappa shape index (κ3) is 4.89. The van der Waals surface area contributed by atoms with Crippen molar-refractivity contribution in [1.29, 1.82) is 0 Å². The van der Waals surface area contributed by atoms with Crippen molar-refractivity contribution in [3.63, 3.8) is 0 Å². The Morgan fingerprint density at radius 2 is 1.74 bits per heavy atom. The first-order valence-corrected chi connectivity index (χ1v) is 18.1. The van der Waals surface area contributed by atoms with Gasteiger partial charge in [-0.25, -0.2) is 14.4 Å². The number of carbonyl (C=O) groups excluding carboxylic acids is 3. The number of nitrogens with zero attached hydrogens (tertiary/aromatic N) is 5. The number of aromatic nitrogens is 4. The Labute approximate surface area is 292 Å². The number of fused-ring (bicyclic) bond motifs is 7. The van der Waals surface area contributed by atoms with E-state index < -0.39 is 48.0 Å². The molecule has 3 unspecified atom stereocenters. The van der Waals surface area contributed by atoms with E-state index in [4.69, 9.17) is 4.74 Å². The van der Waals surface area contributed by atoms with Gasteiger partial charge in [-0.15, -0.1) is 22.7 Å². The number of carbonyl (C=O) groups is 3. The largest absolute Gasteiger partial charge is 0.444 e. The molecular weight excluding hydrogens is 708 g/mol. The maximum Gasteiger partial charge on any atom is 0.419 e. The van der Waals surface area contributed by atoms with Gasteiger partial charge in [-0.1, -0.05) is 48.5 Å². The van der Waals surface area contributed by atoms with Gasteiger partial charge >= 0.3 is 12.3 Å². The van der Waals surface area contributed by atoms with Crippen LogP contribution in [-0.2, 0) is 20.9 Å². The van der Waals surface area contributed by atoms with Gasteiger partial charge in [-0.05, 0) is 37.0 Å². The van der Waals surface area contributed by atoms with Crippen molar-refractivity contribution in [2.24, 2.45) is 22.7 Å². The Hall–Kier alpha value is -4.86. The Kier molecular flexibility index (Phi) is 7.23. The van der Waals surface area contributed by atoms with Gasteiger partial charge in [0.05, 0.1) is 54.9 Å². The molecule has 0 amide bonds. The number of hydrogen-bond acceptors (Lipinski definition) is 11. The normalized spacial score (nSPS) is 20.5. The second-order valence-electron chi connectivity index (χ2n) is 12.4. The topological polar surface area (TPSA) is 116 Å². The summed E-state index contributed by atoms with van der Waals surface area (Å²) in [6, 6.07) is 19.2. The number of Topliss-reactive ketones (excluding diaryl/α,β-unsaturated/α-hetero) is 2. The lowest BCUT2D eigenvalue weighted by atomic mass is 9.75. The lowest BCUT2D eigenvalue weighted by molar-refractivity contribution is -0.187. The molecule has 2 aliphatic carbocycles. The molecule has 15 heteroatoms.